The number of hydrogen-bond acceptors (Lipinski definition) is 1. The van der Waals surface area contributed by atoms with Gasteiger partial charge in [0.1, 0.15) is 10.6 Å². The van der Waals surface area contributed by atoms with Crippen LogP contribution in [0.5, 0.6) is 0 Å². The zero-order valence-electron chi connectivity index (χ0n) is 5.89. The smallest absolute Gasteiger partial charge is 0.129 e. The van der Waals surface area contributed by atoms with Gasteiger partial charge < -0.3 is 0 Å². The van der Waals surface area contributed by atoms with Crippen LogP contribution in [0.1, 0.15) is 10.4 Å². The number of benzene rings is 1. The van der Waals surface area contributed by atoms with E-state index >= 15 is 0 Å². The Hall–Kier alpha value is -0.400. The molecule has 0 heterocycles. The molecule has 62 valence electrons. The maximum Gasteiger partial charge on any atom is 0.129 e. The molecule has 1 unspecified atom stereocenters. The van der Waals surface area contributed by atoms with Gasteiger partial charge in [0.05, 0.1) is 6.07 Å². The molecule has 0 fully saturated rings. The lowest BCUT2D eigenvalue weighted by Gasteiger charge is -2.02. The van der Waals surface area contributed by atoms with E-state index in [1.165, 1.54) is 6.07 Å². The Balaban J connectivity index is 3.15. The standard InChI is InChI=1S/C8H4Br2FN/c9-5-1-2-8(11)6(3-5)7(10)4-12/h1-3,7H. The van der Waals surface area contributed by atoms with Gasteiger partial charge in [-0.05, 0) is 18.2 Å². The van der Waals surface area contributed by atoms with Crippen LogP contribution in [0.25, 0.3) is 0 Å². The average Bonchev–Trinajstić information content (AvgIpc) is 2.08. The Labute approximate surface area is 86.5 Å². The SMILES string of the molecule is N#CC(Br)c1cc(Br)ccc1F. The fourth-order valence-corrected chi connectivity index (χ4v) is 1.51. The van der Waals surface area contributed by atoms with Crippen molar-refractivity contribution in [3.8, 4) is 6.07 Å². The number of halogens is 3. The lowest BCUT2D eigenvalue weighted by Crippen LogP contribution is -1.90. The molecule has 1 nitrogen and oxygen atoms in total. The quantitative estimate of drug-likeness (QED) is 0.726. The van der Waals surface area contributed by atoms with Crippen LogP contribution in [0, 0.1) is 17.1 Å². The molecule has 12 heavy (non-hydrogen) atoms. The lowest BCUT2D eigenvalue weighted by molar-refractivity contribution is 0.614. The predicted octanol–water partition coefficient (Wildman–Crippen LogP) is 3.55. The number of nitrogens with zero attached hydrogens (tertiary/aromatic N) is 1. The molecule has 0 saturated carbocycles. The van der Waals surface area contributed by atoms with Gasteiger partial charge in [-0.1, -0.05) is 31.9 Å². The molecule has 0 aliphatic rings. The van der Waals surface area contributed by atoms with E-state index < -0.39 is 4.83 Å². The van der Waals surface area contributed by atoms with Gasteiger partial charge >= 0.3 is 0 Å². The van der Waals surface area contributed by atoms with Crippen LogP contribution in [-0.4, -0.2) is 0 Å². The summed E-state index contributed by atoms with van der Waals surface area (Å²) < 4.78 is 13.8. The van der Waals surface area contributed by atoms with Crippen molar-refractivity contribution in [1.29, 1.82) is 5.26 Å². The van der Waals surface area contributed by atoms with Gasteiger partial charge in [0.15, 0.2) is 0 Å². The molecule has 0 saturated heterocycles. The number of hydrogen-bond donors (Lipinski definition) is 0. The molecule has 0 spiro atoms. The van der Waals surface area contributed by atoms with Crippen LogP contribution in [0.4, 0.5) is 4.39 Å². The zero-order chi connectivity index (χ0) is 9.14. The molecule has 1 aromatic carbocycles. The molecule has 0 aliphatic heterocycles. The average molecular weight is 293 g/mol. The second-order valence-electron chi connectivity index (χ2n) is 2.16. The Morgan fingerprint density at radius 2 is 2.17 bits per heavy atom. The van der Waals surface area contributed by atoms with E-state index in [2.05, 4.69) is 31.9 Å². The Morgan fingerprint density at radius 1 is 1.50 bits per heavy atom. The highest BCUT2D eigenvalue weighted by Crippen LogP contribution is 2.26. The van der Waals surface area contributed by atoms with E-state index in [4.69, 9.17) is 5.26 Å². The third-order valence-corrected chi connectivity index (χ3v) is 2.54. The van der Waals surface area contributed by atoms with Gasteiger partial charge in [0, 0.05) is 10.0 Å². The summed E-state index contributed by atoms with van der Waals surface area (Å²) in [6.07, 6.45) is 0. The molecule has 1 rings (SSSR count). The van der Waals surface area contributed by atoms with Crippen LogP contribution in [0.15, 0.2) is 22.7 Å². The molecular weight excluding hydrogens is 289 g/mol. The van der Waals surface area contributed by atoms with Gasteiger partial charge in [-0.3, -0.25) is 0 Å². The highest BCUT2D eigenvalue weighted by Gasteiger charge is 2.11. The summed E-state index contributed by atoms with van der Waals surface area (Å²) in [5.74, 6) is -0.373. The van der Waals surface area contributed by atoms with Crippen LogP contribution >= 0.6 is 31.9 Å². The molecule has 0 amide bonds. The summed E-state index contributed by atoms with van der Waals surface area (Å²) in [5.41, 5.74) is 0.354. The predicted molar refractivity (Wildman–Crippen MR) is 51.4 cm³/mol. The van der Waals surface area contributed by atoms with E-state index in [0.29, 0.717) is 5.56 Å². The Kier molecular flexibility index (Phi) is 3.24. The molecular formula is C8H4Br2FN. The molecule has 1 atom stereocenters. The van der Waals surface area contributed by atoms with Crippen molar-refractivity contribution in [3.63, 3.8) is 0 Å². The zero-order valence-corrected chi connectivity index (χ0v) is 9.06. The molecule has 0 aromatic heterocycles. The van der Waals surface area contributed by atoms with E-state index in [9.17, 15) is 4.39 Å². The second-order valence-corrected chi connectivity index (χ2v) is 3.99. The van der Waals surface area contributed by atoms with Crippen molar-refractivity contribution in [2.24, 2.45) is 0 Å². The largest absolute Gasteiger partial charge is 0.207 e. The van der Waals surface area contributed by atoms with Crippen LogP contribution < -0.4 is 0 Å². The van der Waals surface area contributed by atoms with E-state index in [0.717, 1.165) is 4.47 Å². The fraction of sp³-hybridized carbons (Fsp3) is 0.125. The van der Waals surface area contributed by atoms with Crippen LogP contribution in [-0.2, 0) is 0 Å². The van der Waals surface area contributed by atoms with Crippen LogP contribution in [0.2, 0.25) is 0 Å². The Bertz CT molecular complexity index is 332. The van der Waals surface area contributed by atoms with E-state index in [1.807, 2.05) is 6.07 Å². The minimum absolute atomic E-state index is 0.354. The Morgan fingerprint density at radius 3 is 2.75 bits per heavy atom. The first-order valence-electron chi connectivity index (χ1n) is 3.14. The summed E-state index contributed by atoms with van der Waals surface area (Å²) >= 11 is 6.24. The molecule has 1 aromatic rings. The second kappa shape index (κ2) is 4.01. The van der Waals surface area contributed by atoms with Crippen molar-refractivity contribution in [2.75, 3.05) is 0 Å². The molecule has 0 radical (unpaired) electrons. The van der Waals surface area contributed by atoms with Crippen molar-refractivity contribution < 1.29 is 4.39 Å². The number of rotatable bonds is 1. The van der Waals surface area contributed by atoms with Gasteiger partial charge in [0.25, 0.3) is 0 Å². The molecule has 0 aliphatic carbocycles. The van der Waals surface area contributed by atoms with E-state index in [-0.39, 0.29) is 5.82 Å². The first-order chi connectivity index (χ1) is 5.65. The molecule has 0 bridgehead atoms. The summed E-state index contributed by atoms with van der Waals surface area (Å²) in [7, 11) is 0. The monoisotopic (exact) mass is 291 g/mol. The summed E-state index contributed by atoms with van der Waals surface area (Å²) in [6.45, 7) is 0. The first kappa shape index (κ1) is 9.69. The maximum absolute atomic E-state index is 13.0. The molecule has 4 heteroatoms. The lowest BCUT2D eigenvalue weighted by atomic mass is 10.1. The minimum Gasteiger partial charge on any atom is -0.207 e. The van der Waals surface area contributed by atoms with Crippen molar-refractivity contribution in [3.05, 3.63) is 34.1 Å². The summed E-state index contributed by atoms with van der Waals surface area (Å²) in [6, 6.07) is 6.40. The summed E-state index contributed by atoms with van der Waals surface area (Å²) in [4.78, 5) is -0.588. The van der Waals surface area contributed by atoms with Gasteiger partial charge in [-0.25, -0.2) is 4.39 Å². The number of alkyl halides is 1. The van der Waals surface area contributed by atoms with Crippen molar-refractivity contribution in [2.45, 2.75) is 4.83 Å². The number of nitriles is 1. The normalized spacial score (nSPS) is 12.2. The highest BCUT2D eigenvalue weighted by atomic mass is 79.9. The van der Waals surface area contributed by atoms with Gasteiger partial charge in [-0.2, -0.15) is 5.26 Å². The third kappa shape index (κ3) is 2.05. The topological polar surface area (TPSA) is 23.8 Å². The van der Waals surface area contributed by atoms with Gasteiger partial charge in [0.2, 0.25) is 0 Å². The maximum atomic E-state index is 13.0. The summed E-state index contributed by atoms with van der Waals surface area (Å²) in [5, 5.41) is 8.52. The van der Waals surface area contributed by atoms with Crippen LogP contribution in [0.3, 0.4) is 0 Å². The van der Waals surface area contributed by atoms with E-state index in [1.54, 1.807) is 12.1 Å². The first-order valence-corrected chi connectivity index (χ1v) is 4.84. The highest BCUT2D eigenvalue weighted by molar-refractivity contribution is 9.10. The van der Waals surface area contributed by atoms with Crippen molar-refractivity contribution in [1.82, 2.24) is 0 Å². The fourth-order valence-electron chi connectivity index (χ4n) is 0.778. The van der Waals surface area contributed by atoms with Gasteiger partial charge in [-0.15, -0.1) is 0 Å². The minimum atomic E-state index is -0.588. The molecule has 0 N–H and O–H groups in total. The third-order valence-electron chi connectivity index (χ3n) is 1.34. The van der Waals surface area contributed by atoms with Crippen molar-refractivity contribution >= 4 is 31.9 Å².